The van der Waals surface area contributed by atoms with Crippen molar-refractivity contribution in [1.29, 1.82) is 0 Å². The third-order valence-electron chi connectivity index (χ3n) is 5.36. The molecule has 0 bridgehead atoms. The predicted octanol–water partition coefficient (Wildman–Crippen LogP) is 6.84. The van der Waals surface area contributed by atoms with Gasteiger partial charge in [-0.05, 0) is 48.8 Å². The van der Waals surface area contributed by atoms with Crippen LogP contribution in [-0.2, 0) is 4.74 Å². The fourth-order valence-corrected chi connectivity index (χ4v) is 4.83. The van der Waals surface area contributed by atoms with Crippen molar-refractivity contribution in [2.75, 3.05) is 5.32 Å². The Balaban J connectivity index is 1.59. The number of fused-ring (bicyclic) bond motifs is 2. The Morgan fingerprint density at radius 1 is 1.09 bits per heavy atom. The van der Waals surface area contributed by atoms with Crippen molar-refractivity contribution in [3.05, 3.63) is 83.8 Å². The number of hydrogen-bond acceptors (Lipinski definition) is 6. The number of alkyl halides is 3. The third kappa shape index (κ3) is 4.49. The first-order chi connectivity index (χ1) is 15.9. The highest BCUT2D eigenvalue weighted by molar-refractivity contribution is 7.22. The summed E-state index contributed by atoms with van der Waals surface area (Å²) in [4.78, 5) is 8.88. The highest BCUT2D eigenvalue weighted by Crippen LogP contribution is 2.41. The van der Waals surface area contributed by atoms with Gasteiger partial charge in [-0.1, -0.05) is 41.7 Å². The average molecular weight is 469 g/mol. The van der Waals surface area contributed by atoms with E-state index in [0.717, 1.165) is 15.6 Å². The van der Waals surface area contributed by atoms with Crippen LogP contribution in [0.4, 0.5) is 18.3 Å². The lowest BCUT2D eigenvalue weighted by Crippen LogP contribution is -2.18. The van der Waals surface area contributed by atoms with E-state index in [1.807, 2.05) is 36.4 Å². The number of benzene rings is 2. The van der Waals surface area contributed by atoms with Gasteiger partial charge in [-0.3, -0.25) is 4.98 Å². The Labute approximate surface area is 190 Å². The van der Waals surface area contributed by atoms with E-state index in [9.17, 15) is 18.3 Å². The molecule has 1 aliphatic rings. The van der Waals surface area contributed by atoms with Crippen molar-refractivity contribution in [3.8, 4) is 5.75 Å². The average Bonchev–Trinajstić information content (AvgIpc) is 3.20. The minimum absolute atomic E-state index is 0.0274. The molecule has 1 aliphatic carbocycles. The van der Waals surface area contributed by atoms with Crippen LogP contribution in [0.15, 0.2) is 78.2 Å². The van der Waals surface area contributed by atoms with Crippen LogP contribution in [0.25, 0.3) is 21.1 Å². The number of allylic oxidation sites excluding steroid dienone is 2. The van der Waals surface area contributed by atoms with Crippen LogP contribution < -0.4 is 5.32 Å². The summed E-state index contributed by atoms with van der Waals surface area (Å²) < 4.78 is 43.6. The second-order valence-corrected chi connectivity index (χ2v) is 8.59. The van der Waals surface area contributed by atoms with Crippen LogP contribution in [0, 0.1) is 0 Å². The summed E-state index contributed by atoms with van der Waals surface area (Å²) in [7, 11) is 0. The molecule has 2 aromatic carbocycles. The summed E-state index contributed by atoms with van der Waals surface area (Å²) in [5.74, 6) is -0.293. The molecule has 33 heavy (non-hydrogen) atoms. The van der Waals surface area contributed by atoms with Gasteiger partial charge in [0.25, 0.3) is 0 Å². The first-order valence-corrected chi connectivity index (χ1v) is 11.0. The number of pyridine rings is 1. The summed E-state index contributed by atoms with van der Waals surface area (Å²) in [6.07, 6.45) is 0.460. The molecule has 5 rings (SSSR count). The number of phenols is 1. The Bertz CT molecular complexity index is 1360. The third-order valence-corrected chi connectivity index (χ3v) is 6.33. The molecule has 2 aromatic heterocycles. The molecule has 2 N–H and O–H groups in total. The lowest BCUT2D eigenvalue weighted by atomic mass is 9.90. The molecule has 0 radical (unpaired) electrons. The summed E-state index contributed by atoms with van der Waals surface area (Å²) in [5.41, 5.74) is 2.37. The van der Waals surface area contributed by atoms with E-state index in [1.165, 1.54) is 23.5 Å². The summed E-state index contributed by atoms with van der Waals surface area (Å²) >= 11 is 1.43. The van der Waals surface area contributed by atoms with Crippen LogP contribution in [0.1, 0.15) is 24.4 Å². The maximum atomic E-state index is 12.8. The Morgan fingerprint density at radius 3 is 2.76 bits per heavy atom. The molecule has 0 fully saturated rings. The van der Waals surface area contributed by atoms with Gasteiger partial charge < -0.3 is 15.2 Å². The quantitative estimate of drug-likeness (QED) is 0.335. The number of anilines is 1. The first kappa shape index (κ1) is 21.3. The number of hydrogen-bond donors (Lipinski definition) is 2. The van der Waals surface area contributed by atoms with Crippen molar-refractivity contribution >= 4 is 37.6 Å². The molecule has 0 saturated carbocycles. The van der Waals surface area contributed by atoms with Gasteiger partial charge in [-0.25, -0.2) is 4.98 Å². The van der Waals surface area contributed by atoms with Crippen LogP contribution in [-0.4, -0.2) is 21.4 Å². The number of aromatic nitrogens is 2. The largest absolute Gasteiger partial charge is 0.573 e. The van der Waals surface area contributed by atoms with Gasteiger partial charge in [0.15, 0.2) is 5.13 Å². The number of nitrogens with one attached hydrogen (secondary N) is 1. The van der Waals surface area contributed by atoms with Gasteiger partial charge in [0.05, 0.1) is 16.3 Å². The Kier molecular flexibility index (Phi) is 5.41. The fourth-order valence-electron chi connectivity index (χ4n) is 3.93. The van der Waals surface area contributed by atoms with Crippen molar-refractivity contribution < 1.29 is 23.0 Å². The standard InChI is InChI=1S/C24H18F3N3O2S/c25-24(26,27)32-16-7-3-5-15(13-16)20(30-23-29-18-8-1-2-9-19(18)33-23)17-11-10-14-6-4-12-28-21(14)22(17)31/h1-2,4,6-13,20,31H,3,5H2,(H,29,30). The van der Waals surface area contributed by atoms with E-state index in [-0.39, 0.29) is 11.5 Å². The molecule has 0 spiro atoms. The zero-order valence-electron chi connectivity index (χ0n) is 17.1. The number of rotatable bonds is 5. The molecule has 2 heterocycles. The molecule has 168 valence electrons. The maximum Gasteiger partial charge on any atom is 0.573 e. The van der Waals surface area contributed by atoms with Gasteiger partial charge in [-0.15, -0.1) is 13.2 Å². The second kappa shape index (κ2) is 8.40. The van der Waals surface area contributed by atoms with Gasteiger partial charge >= 0.3 is 6.36 Å². The Morgan fingerprint density at radius 2 is 1.94 bits per heavy atom. The van der Waals surface area contributed by atoms with E-state index in [2.05, 4.69) is 20.0 Å². The predicted molar refractivity (Wildman–Crippen MR) is 122 cm³/mol. The zero-order chi connectivity index (χ0) is 23.0. The number of aromatic hydroxyl groups is 1. The van der Waals surface area contributed by atoms with E-state index in [4.69, 9.17) is 0 Å². The van der Waals surface area contributed by atoms with Crippen LogP contribution >= 0.6 is 11.3 Å². The fraction of sp³-hybridized carbons (Fsp3) is 0.167. The van der Waals surface area contributed by atoms with Crippen LogP contribution in [0.3, 0.4) is 0 Å². The SMILES string of the molecule is Oc1c(C(Nc2nc3ccccc3s2)C2=CC(OC(F)(F)F)=CCC2)ccc2cccnc12. The smallest absolute Gasteiger partial charge is 0.505 e. The molecular formula is C24H18F3N3O2S. The highest BCUT2D eigenvalue weighted by Gasteiger charge is 2.33. The van der Waals surface area contributed by atoms with Crippen LogP contribution in [0.5, 0.6) is 5.75 Å². The number of thiazole rings is 1. The molecule has 0 aliphatic heterocycles. The molecule has 0 saturated heterocycles. The van der Waals surface area contributed by atoms with E-state index in [0.29, 0.717) is 34.6 Å². The number of halogens is 3. The first-order valence-electron chi connectivity index (χ1n) is 10.2. The summed E-state index contributed by atoms with van der Waals surface area (Å²) in [6.45, 7) is 0. The molecular weight excluding hydrogens is 451 g/mol. The van der Waals surface area contributed by atoms with E-state index >= 15 is 0 Å². The molecule has 1 unspecified atom stereocenters. The van der Waals surface area contributed by atoms with Crippen molar-refractivity contribution in [3.63, 3.8) is 0 Å². The number of para-hydroxylation sites is 1. The van der Waals surface area contributed by atoms with Gasteiger partial charge in [0.2, 0.25) is 0 Å². The van der Waals surface area contributed by atoms with Crippen LogP contribution in [0.2, 0.25) is 0 Å². The van der Waals surface area contributed by atoms with Gasteiger partial charge in [0, 0.05) is 17.1 Å². The number of nitrogens with zero attached hydrogens (tertiary/aromatic N) is 2. The Hall–Kier alpha value is -3.59. The molecule has 1 atom stereocenters. The van der Waals surface area contributed by atoms with Crippen molar-refractivity contribution in [2.45, 2.75) is 25.2 Å². The molecule has 0 amide bonds. The zero-order valence-corrected chi connectivity index (χ0v) is 18.0. The maximum absolute atomic E-state index is 12.8. The summed E-state index contributed by atoms with van der Waals surface area (Å²) in [6, 6.07) is 14.2. The normalized spacial score (nSPS) is 15.2. The summed E-state index contributed by atoms with van der Waals surface area (Å²) in [5, 5.41) is 15.7. The van der Waals surface area contributed by atoms with Crippen molar-refractivity contribution in [1.82, 2.24) is 9.97 Å². The molecule has 4 aromatic rings. The minimum atomic E-state index is -4.78. The second-order valence-electron chi connectivity index (χ2n) is 7.55. The topological polar surface area (TPSA) is 67.3 Å². The highest BCUT2D eigenvalue weighted by atomic mass is 32.1. The van der Waals surface area contributed by atoms with E-state index in [1.54, 1.807) is 18.3 Å². The van der Waals surface area contributed by atoms with Gasteiger partial charge in [-0.2, -0.15) is 0 Å². The monoisotopic (exact) mass is 469 g/mol. The lowest BCUT2D eigenvalue weighted by Gasteiger charge is -2.26. The van der Waals surface area contributed by atoms with Gasteiger partial charge in [0.1, 0.15) is 17.0 Å². The molecule has 5 nitrogen and oxygen atoms in total. The number of ether oxygens (including phenoxy) is 1. The molecule has 9 heteroatoms. The van der Waals surface area contributed by atoms with E-state index < -0.39 is 12.4 Å². The minimum Gasteiger partial charge on any atom is -0.505 e. The lowest BCUT2D eigenvalue weighted by molar-refractivity contribution is -0.303. The number of phenolic OH excluding ortho intramolecular Hbond substituents is 1. The van der Waals surface area contributed by atoms with Crippen molar-refractivity contribution in [2.24, 2.45) is 0 Å².